The Morgan fingerprint density at radius 1 is 0.796 bits per heavy atom. The van der Waals surface area contributed by atoms with Crippen LogP contribution in [0.1, 0.15) is 202 Å². The van der Waals surface area contributed by atoms with Crippen molar-refractivity contribution in [2.45, 2.75) is 208 Å². The first-order valence-electron chi connectivity index (χ1n) is 21.9. The lowest BCUT2D eigenvalue weighted by Crippen LogP contribution is -2.51. The molecule has 4 aliphatic rings. The van der Waals surface area contributed by atoms with Crippen LogP contribution in [0.4, 0.5) is 4.79 Å². The third-order valence-electron chi connectivity index (χ3n) is 14.4. The first-order valence-corrected chi connectivity index (χ1v) is 21.9. The van der Waals surface area contributed by atoms with Gasteiger partial charge in [-0.2, -0.15) is 0 Å². The van der Waals surface area contributed by atoms with Crippen molar-refractivity contribution >= 4 is 6.16 Å². The van der Waals surface area contributed by atoms with Gasteiger partial charge in [-0.25, -0.2) is 4.79 Å². The van der Waals surface area contributed by atoms with Gasteiger partial charge in [0.25, 0.3) is 0 Å². The van der Waals surface area contributed by atoms with Crippen LogP contribution >= 0.6 is 0 Å². The van der Waals surface area contributed by atoms with E-state index in [9.17, 15) is 4.79 Å². The lowest BCUT2D eigenvalue weighted by Gasteiger charge is -2.58. The maximum absolute atomic E-state index is 12.6. The first kappa shape index (κ1) is 40.5. The van der Waals surface area contributed by atoms with E-state index in [2.05, 4.69) is 59.8 Å². The Morgan fingerprint density at radius 3 is 2.16 bits per heavy atom. The van der Waals surface area contributed by atoms with E-state index in [0.717, 1.165) is 67.6 Å². The van der Waals surface area contributed by atoms with Crippen LogP contribution in [0.2, 0.25) is 0 Å². The molecule has 0 unspecified atom stereocenters. The fourth-order valence-electron chi connectivity index (χ4n) is 11.4. The van der Waals surface area contributed by atoms with Gasteiger partial charge in [-0.3, -0.25) is 0 Å². The highest BCUT2D eigenvalue weighted by atomic mass is 16.7. The number of hydrogen-bond donors (Lipinski definition) is 0. The molecule has 3 nitrogen and oxygen atoms in total. The lowest BCUT2D eigenvalue weighted by atomic mass is 9.47. The average molecular weight is 681 g/mol. The zero-order chi connectivity index (χ0) is 35.1. The summed E-state index contributed by atoms with van der Waals surface area (Å²) in [6, 6.07) is 0. The molecular formula is C46H80O3. The molecule has 0 radical (unpaired) electrons. The van der Waals surface area contributed by atoms with Crippen LogP contribution in [-0.4, -0.2) is 18.9 Å². The molecule has 0 amide bonds. The molecule has 8 atom stereocenters. The molecule has 0 N–H and O–H groups in total. The number of carbonyl (C=O) groups is 1. The van der Waals surface area contributed by atoms with Crippen LogP contribution < -0.4 is 0 Å². The molecule has 282 valence electrons. The van der Waals surface area contributed by atoms with Crippen molar-refractivity contribution < 1.29 is 14.3 Å². The molecule has 0 spiro atoms. The summed E-state index contributed by atoms with van der Waals surface area (Å²) < 4.78 is 11.5. The van der Waals surface area contributed by atoms with Crippen molar-refractivity contribution in [1.82, 2.24) is 0 Å². The number of carbonyl (C=O) groups excluding carboxylic acids is 1. The van der Waals surface area contributed by atoms with Gasteiger partial charge in [0, 0.05) is 6.42 Å². The second kappa shape index (κ2) is 20.7. The third-order valence-corrected chi connectivity index (χ3v) is 14.4. The number of unbranched alkanes of at least 4 members (excludes halogenated alkanes) is 12. The summed E-state index contributed by atoms with van der Waals surface area (Å²) in [6.45, 7) is 15.4. The Balaban J connectivity index is 1.08. The molecule has 3 fully saturated rings. The van der Waals surface area contributed by atoms with Crippen LogP contribution in [0, 0.1) is 46.3 Å². The van der Waals surface area contributed by atoms with E-state index < -0.39 is 6.16 Å². The molecule has 0 aromatic carbocycles. The summed E-state index contributed by atoms with van der Waals surface area (Å²) in [5.41, 5.74) is 2.42. The summed E-state index contributed by atoms with van der Waals surface area (Å²) >= 11 is 0. The van der Waals surface area contributed by atoms with Crippen LogP contribution in [0.25, 0.3) is 0 Å². The standard InChI is InChI=1S/C46H80O3/c1-7-8-9-10-11-12-13-14-15-16-17-18-19-20-21-22-34-48-44(47)49-39-30-32-45(5)38(35-39)26-27-40-42-29-28-41(37(4)25-23-24-36(2)3)46(42,6)33-31-43(40)45/h14-15,26,36-37,39-43H,7-13,16-25,27-35H2,1-6H3/b15-14+/t37-,39-,40+,41-,42+,43+,45+,46-/m1/s1. The molecule has 0 saturated heterocycles. The Labute approximate surface area is 304 Å². The fourth-order valence-corrected chi connectivity index (χ4v) is 11.4. The first-order chi connectivity index (χ1) is 23.7. The summed E-state index contributed by atoms with van der Waals surface area (Å²) in [4.78, 5) is 12.6. The maximum Gasteiger partial charge on any atom is 0.508 e. The molecule has 0 aromatic rings. The lowest BCUT2D eigenvalue weighted by molar-refractivity contribution is -0.0617. The molecule has 0 aromatic heterocycles. The van der Waals surface area contributed by atoms with Gasteiger partial charge < -0.3 is 9.47 Å². The number of allylic oxidation sites excluding steroid dienone is 3. The summed E-state index contributed by atoms with van der Waals surface area (Å²) in [5.74, 6) is 5.15. The normalized spacial score (nSPS) is 31.7. The topological polar surface area (TPSA) is 35.5 Å². The quantitative estimate of drug-likeness (QED) is 0.0648. The van der Waals surface area contributed by atoms with Gasteiger partial charge in [0.05, 0.1) is 6.61 Å². The Hall–Kier alpha value is -1.25. The molecule has 3 heteroatoms. The summed E-state index contributed by atoms with van der Waals surface area (Å²) in [5, 5.41) is 0. The molecule has 0 bridgehead atoms. The maximum atomic E-state index is 12.6. The van der Waals surface area contributed by atoms with Crippen LogP contribution in [0.15, 0.2) is 23.8 Å². The van der Waals surface area contributed by atoms with Crippen molar-refractivity contribution in [1.29, 1.82) is 0 Å². The average Bonchev–Trinajstić information content (AvgIpc) is 3.43. The third kappa shape index (κ3) is 11.6. The molecule has 49 heavy (non-hydrogen) atoms. The predicted molar refractivity (Wildman–Crippen MR) is 209 cm³/mol. The van der Waals surface area contributed by atoms with E-state index in [1.54, 1.807) is 5.57 Å². The number of hydrogen-bond acceptors (Lipinski definition) is 3. The number of fused-ring (bicyclic) bond motifs is 5. The SMILES string of the molecule is CCCCCCCC/C=C/CCCCCCCCOC(=O)O[C@@H]1CC[C@@]2(C)C(=CC[C@H]3[C@@H]4CC[C@H]([C@H](C)CCCC(C)C)[C@@]4(C)CC[C@@H]32)C1. The highest BCUT2D eigenvalue weighted by Crippen LogP contribution is 2.67. The van der Waals surface area contributed by atoms with Crippen LogP contribution in [0.5, 0.6) is 0 Å². The highest BCUT2D eigenvalue weighted by Gasteiger charge is 2.59. The highest BCUT2D eigenvalue weighted by molar-refractivity contribution is 5.60. The molecular weight excluding hydrogens is 601 g/mol. The van der Waals surface area contributed by atoms with Gasteiger partial charge in [0.15, 0.2) is 0 Å². The van der Waals surface area contributed by atoms with Crippen molar-refractivity contribution in [3.8, 4) is 0 Å². The van der Waals surface area contributed by atoms with E-state index in [0.29, 0.717) is 17.4 Å². The summed E-state index contributed by atoms with van der Waals surface area (Å²) in [7, 11) is 0. The summed E-state index contributed by atoms with van der Waals surface area (Å²) in [6.07, 6.45) is 39.2. The van der Waals surface area contributed by atoms with Gasteiger partial charge in [0.2, 0.25) is 0 Å². The van der Waals surface area contributed by atoms with Crippen molar-refractivity contribution in [3.63, 3.8) is 0 Å². The molecule has 0 aliphatic heterocycles. The predicted octanol–water partition coefficient (Wildman–Crippen LogP) is 14.6. The van der Waals surface area contributed by atoms with Gasteiger partial charge in [-0.05, 0) is 123 Å². The molecule has 4 aliphatic carbocycles. The van der Waals surface area contributed by atoms with Gasteiger partial charge in [-0.1, -0.05) is 142 Å². The minimum Gasteiger partial charge on any atom is -0.434 e. The van der Waals surface area contributed by atoms with Gasteiger partial charge in [-0.15, -0.1) is 0 Å². The zero-order valence-electron chi connectivity index (χ0n) is 33.4. The Kier molecular flexibility index (Phi) is 17.1. The largest absolute Gasteiger partial charge is 0.508 e. The van der Waals surface area contributed by atoms with Crippen molar-refractivity contribution in [2.75, 3.05) is 6.61 Å². The van der Waals surface area contributed by atoms with Crippen LogP contribution in [0.3, 0.4) is 0 Å². The van der Waals surface area contributed by atoms with E-state index in [-0.39, 0.29) is 6.10 Å². The monoisotopic (exact) mass is 681 g/mol. The second-order valence-corrected chi connectivity index (χ2v) is 18.3. The van der Waals surface area contributed by atoms with Crippen LogP contribution in [-0.2, 0) is 9.47 Å². The number of rotatable bonds is 22. The second-order valence-electron chi connectivity index (χ2n) is 18.3. The van der Waals surface area contributed by atoms with E-state index in [1.807, 2.05) is 0 Å². The van der Waals surface area contributed by atoms with E-state index in [1.165, 1.54) is 128 Å². The Bertz CT molecular complexity index is 1010. The van der Waals surface area contributed by atoms with Crippen molar-refractivity contribution in [2.24, 2.45) is 46.3 Å². The van der Waals surface area contributed by atoms with E-state index in [4.69, 9.17) is 9.47 Å². The van der Waals surface area contributed by atoms with Gasteiger partial charge in [0.1, 0.15) is 6.10 Å². The minimum atomic E-state index is -0.441. The van der Waals surface area contributed by atoms with E-state index >= 15 is 0 Å². The van der Waals surface area contributed by atoms with Gasteiger partial charge >= 0.3 is 6.16 Å². The molecule has 4 rings (SSSR count). The number of ether oxygens (including phenoxy) is 2. The Morgan fingerprint density at radius 2 is 1.47 bits per heavy atom. The van der Waals surface area contributed by atoms with Crippen molar-refractivity contribution in [3.05, 3.63) is 23.8 Å². The zero-order valence-corrected chi connectivity index (χ0v) is 33.4. The molecule has 3 saturated carbocycles. The molecule has 0 heterocycles. The minimum absolute atomic E-state index is 0.0142. The fraction of sp³-hybridized carbons (Fsp3) is 0.891. The smallest absolute Gasteiger partial charge is 0.434 e.